The van der Waals surface area contributed by atoms with Gasteiger partial charge < -0.3 is 24.6 Å². The van der Waals surface area contributed by atoms with Gasteiger partial charge in [0, 0.05) is 24.9 Å². The van der Waals surface area contributed by atoms with Crippen molar-refractivity contribution in [2.45, 2.75) is 18.9 Å². The van der Waals surface area contributed by atoms with Crippen molar-refractivity contribution in [3.8, 4) is 11.5 Å². The lowest BCUT2D eigenvalue weighted by atomic mass is 10.2. The predicted octanol–water partition coefficient (Wildman–Crippen LogP) is 1.66. The Bertz CT molecular complexity index is 447. The topological polar surface area (TPSA) is 60.0 Å². The number of fused-ring (bicyclic) bond motifs is 1. The first-order valence-electron chi connectivity index (χ1n) is 7.20. The standard InChI is InChI=1S/C15H21NO4/c17-13(10-18-9-11-1-2-11)8-16-12-3-4-14-15(7-12)20-6-5-19-14/h3-4,7,11,13,16-17H,1-2,5-6,8-10H2. The van der Waals surface area contributed by atoms with Gasteiger partial charge in [0.25, 0.3) is 0 Å². The fourth-order valence-corrected chi connectivity index (χ4v) is 2.10. The quantitative estimate of drug-likeness (QED) is 0.795. The summed E-state index contributed by atoms with van der Waals surface area (Å²) in [6.45, 7) is 2.80. The summed E-state index contributed by atoms with van der Waals surface area (Å²) in [7, 11) is 0. The summed E-state index contributed by atoms with van der Waals surface area (Å²) in [6.07, 6.45) is 2.04. The molecule has 0 radical (unpaired) electrons. The van der Waals surface area contributed by atoms with Crippen molar-refractivity contribution in [2.75, 3.05) is 38.3 Å². The highest BCUT2D eigenvalue weighted by atomic mass is 16.6. The van der Waals surface area contributed by atoms with Gasteiger partial charge in [0.2, 0.25) is 0 Å². The van der Waals surface area contributed by atoms with Crippen LogP contribution in [0.5, 0.6) is 11.5 Å². The van der Waals surface area contributed by atoms with Gasteiger partial charge in [0.05, 0.1) is 12.7 Å². The van der Waals surface area contributed by atoms with Crippen molar-refractivity contribution < 1.29 is 19.3 Å². The number of anilines is 1. The summed E-state index contributed by atoms with van der Waals surface area (Å²) in [4.78, 5) is 0. The van der Waals surface area contributed by atoms with E-state index in [4.69, 9.17) is 14.2 Å². The van der Waals surface area contributed by atoms with E-state index in [1.54, 1.807) is 0 Å². The first kappa shape index (κ1) is 13.5. The van der Waals surface area contributed by atoms with Crippen molar-refractivity contribution in [2.24, 2.45) is 5.92 Å². The zero-order valence-electron chi connectivity index (χ0n) is 11.5. The largest absolute Gasteiger partial charge is 0.486 e. The Kier molecular flexibility index (Phi) is 4.28. The number of hydrogen-bond acceptors (Lipinski definition) is 5. The van der Waals surface area contributed by atoms with Crippen LogP contribution in [0.25, 0.3) is 0 Å². The minimum atomic E-state index is -0.498. The third-order valence-electron chi connectivity index (χ3n) is 3.44. The van der Waals surface area contributed by atoms with Crippen LogP contribution in [-0.2, 0) is 4.74 Å². The Balaban J connectivity index is 1.42. The smallest absolute Gasteiger partial charge is 0.163 e. The van der Waals surface area contributed by atoms with Crippen LogP contribution in [-0.4, -0.2) is 44.2 Å². The summed E-state index contributed by atoms with van der Waals surface area (Å²) in [5, 5.41) is 13.0. The fraction of sp³-hybridized carbons (Fsp3) is 0.600. The molecule has 5 nitrogen and oxygen atoms in total. The third-order valence-corrected chi connectivity index (χ3v) is 3.44. The van der Waals surface area contributed by atoms with Crippen molar-refractivity contribution in [3.63, 3.8) is 0 Å². The second kappa shape index (κ2) is 6.33. The monoisotopic (exact) mass is 279 g/mol. The average molecular weight is 279 g/mol. The third kappa shape index (κ3) is 3.77. The van der Waals surface area contributed by atoms with E-state index in [1.807, 2.05) is 18.2 Å². The van der Waals surface area contributed by atoms with E-state index >= 15 is 0 Å². The lowest BCUT2D eigenvalue weighted by Crippen LogP contribution is -2.25. The molecule has 2 aliphatic rings. The second-order valence-corrected chi connectivity index (χ2v) is 5.37. The van der Waals surface area contributed by atoms with Gasteiger partial charge in [0.15, 0.2) is 11.5 Å². The fourth-order valence-electron chi connectivity index (χ4n) is 2.10. The number of rotatable bonds is 7. The molecule has 1 aliphatic heterocycles. The molecule has 1 aliphatic carbocycles. The van der Waals surface area contributed by atoms with Gasteiger partial charge >= 0.3 is 0 Å². The maximum Gasteiger partial charge on any atom is 0.163 e. The summed E-state index contributed by atoms with van der Waals surface area (Å²) in [5.41, 5.74) is 0.912. The number of benzene rings is 1. The molecule has 2 N–H and O–H groups in total. The molecule has 3 rings (SSSR count). The van der Waals surface area contributed by atoms with E-state index in [-0.39, 0.29) is 0 Å². The molecule has 20 heavy (non-hydrogen) atoms. The molecule has 110 valence electrons. The molecule has 1 saturated carbocycles. The van der Waals surface area contributed by atoms with Crippen molar-refractivity contribution in [1.29, 1.82) is 0 Å². The van der Waals surface area contributed by atoms with E-state index in [9.17, 15) is 5.11 Å². The Labute approximate surface area is 118 Å². The molecule has 1 aromatic rings. The molecular formula is C15H21NO4. The normalized spacial score (nSPS) is 18.6. The number of aliphatic hydroxyl groups is 1. The molecule has 0 bridgehead atoms. The Hall–Kier alpha value is -1.46. The highest BCUT2D eigenvalue weighted by Crippen LogP contribution is 2.32. The van der Waals surface area contributed by atoms with Gasteiger partial charge in [-0.3, -0.25) is 0 Å². The van der Waals surface area contributed by atoms with Crippen molar-refractivity contribution >= 4 is 5.69 Å². The summed E-state index contributed by atoms with van der Waals surface area (Å²) in [6, 6.07) is 5.70. The molecule has 1 unspecified atom stereocenters. The van der Waals surface area contributed by atoms with Crippen molar-refractivity contribution in [1.82, 2.24) is 0 Å². The van der Waals surface area contributed by atoms with Crippen LogP contribution in [0, 0.1) is 5.92 Å². The Morgan fingerprint density at radius 3 is 2.85 bits per heavy atom. The van der Waals surface area contributed by atoms with E-state index in [0.717, 1.165) is 29.7 Å². The van der Waals surface area contributed by atoms with Crippen LogP contribution >= 0.6 is 0 Å². The molecule has 1 atom stereocenters. The zero-order valence-corrected chi connectivity index (χ0v) is 11.5. The van der Waals surface area contributed by atoms with E-state index in [0.29, 0.717) is 26.4 Å². The molecule has 5 heteroatoms. The Morgan fingerprint density at radius 2 is 2.05 bits per heavy atom. The molecule has 0 saturated heterocycles. The van der Waals surface area contributed by atoms with Gasteiger partial charge in [-0.2, -0.15) is 0 Å². The number of hydrogen-bond donors (Lipinski definition) is 2. The summed E-state index contributed by atoms with van der Waals surface area (Å²) >= 11 is 0. The number of ether oxygens (including phenoxy) is 3. The maximum atomic E-state index is 9.84. The van der Waals surface area contributed by atoms with Crippen LogP contribution < -0.4 is 14.8 Å². The van der Waals surface area contributed by atoms with Gasteiger partial charge in [-0.25, -0.2) is 0 Å². The number of aliphatic hydroxyl groups excluding tert-OH is 1. The zero-order chi connectivity index (χ0) is 13.8. The molecular weight excluding hydrogens is 258 g/mol. The highest BCUT2D eigenvalue weighted by molar-refractivity contribution is 5.55. The Morgan fingerprint density at radius 1 is 1.25 bits per heavy atom. The lowest BCUT2D eigenvalue weighted by molar-refractivity contribution is 0.0386. The van der Waals surface area contributed by atoms with E-state index in [2.05, 4.69) is 5.32 Å². The lowest BCUT2D eigenvalue weighted by Gasteiger charge is -2.19. The minimum Gasteiger partial charge on any atom is -0.486 e. The van der Waals surface area contributed by atoms with Crippen LogP contribution in [0.2, 0.25) is 0 Å². The van der Waals surface area contributed by atoms with Crippen molar-refractivity contribution in [3.05, 3.63) is 18.2 Å². The van der Waals surface area contributed by atoms with Gasteiger partial charge in [0.1, 0.15) is 13.2 Å². The predicted molar refractivity (Wildman–Crippen MR) is 75.5 cm³/mol. The van der Waals surface area contributed by atoms with Crippen LogP contribution in [0.1, 0.15) is 12.8 Å². The van der Waals surface area contributed by atoms with Crippen LogP contribution in [0.4, 0.5) is 5.69 Å². The SMILES string of the molecule is OC(CNc1ccc2c(c1)OCCO2)COCC1CC1. The van der Waals surface area contributed by atoms with Crippen LogP contribution in [0.15, 0.2) is 18.2 Å². The molecule has 0 amide bonds. The molecule has 0 spiro atoms. The molecule has 1 heterocycles. The molecule has 1 fully saturated rings. The number of nitrogens with one attached hydrogen (secondary N) is 1. The summed E-state index contributed by atoms with van der Waals surface area (Å²) in [5.74, 6) is 2.25. The molecule has 0 aromatic heterocycles. The van der Waals surface area contributed by atoms with E-state index < -0.39 is 6.10 Å². The van der Waals surface area contributed by atoms with Crippen LogP contribution in [0.3, 0.4) is 0 Å². The van der Waals surface area contributed by atoms with Gasteiger partial charge in [-0.15, -0.1) is 0 Å². The second-order valence-electron chi connectivity index (χ2n) is 5.37. The summed E-state index contributed by atoms with van der Waals surface area (Å²) < 4.78 is 16.4. The van der Waals surface area contributed by atoms with Gasteiger partial charge in [-0.1, -0.05) is 0 Å². The van der Waals surface area contributed by atoms with Gasteiger partial charge in [-0.05, 0) is 30.9 Å². The average Bonchev–Trinajstić information content (AvgIpc) is 3.29. The first-order chi connectivity index (χ1) is 9.81. The first-order valence-corrected chi connectivity index (χ1v) is 7.20. The van der Waals surface area contributed by atoms with E-state index in [1.165, 1.54) is 12.8 Å². The minimum absolute atomic E-state index is 0.383. The maximum absolute atomic E-state index is 9.84. The molecule has 1 aromatic carbocycles. The highest BCUT2D eigenvalue weighted by Gasteiger charge is 2.21.